The first-order valence-electron chi connectivity index (χ1n) is 14.4. The SMILES string of the molecule is CN(C(=O)CN(CC(=O)NCC1CCCNC1)c1cc(Cl)ccc1Oc1ccc(Cl)cc1)C1CC2C=CC=CC2C1. The molecular formula is C32H38Cl2N4O3. The summed E-state index contributed by atoms with van der Waals surface area (Å²) in [6.45, 7) is 2.54. The zero-order chi connectivity index (χ0) is 28.8. The quantitative estimate of drug-likeness (QED) is 0.369. The number of piperidine rings is 1. The number of benzene rings is 2. The molecule has 1 aliphatic heterocycles. The molecule has 7 nitrogen and oxygen atoms in total. The van der Waals surface area contributed by atoms with Crippen molar-refractivity contribution in [2.75, 3.05) is 44.7 Å². The van der Waals surface area contributed by atoms with Crippen LogP contribution in [-0.2, 0) is 9.59 Å². The molecule has 0 radical (unpaired) electrons. The van der Waals surface area contributed by atoms with Crippen molar-refractivity contribution in [3.63, 3.8) is 0 Å². The van der Waals surface area contributed by atoms with Crippen LogP contribution in [0.25, 0.3) is 0 Å². The lowest BCUT2D eigenvalue weighted by Gasteiger charge is -2.31. The van der Waals surface area contributed by atoms with Crippen molar-refractivity contribution >= 4 is 40.7 Å². The standard InChI is InChI=1S/C32H38Cl2N4O3/c1-37(27-15-23-6-2-3-7-24(23)16-27)32(40)21-38(20-31(39)36-19-22-5-4-14-35-18-22)29-17-26(34)10-13-30(29)41-28-11-8-25(33)9-12-28/h2-3,6-13,17,22-24,27,35H,4-5,14-16,18-21H2,1H3,(H,36,39). The van der Waals surface area contributed by atoms with Crippen LogP contribution >= 0.6 is 23.2 Å². The van der Waals surface area contributed by atoms with Crippen molar-refractivity contribution in [1.82, 2.24) is 15.5 Å². The predicted octanol–water partition coefficient (Wildman–Crippen LogP) is 5.69. The summed E-state index contributed by atoms with van der Waals surface area (Å²) in [6, 6.07) is 12.4. The highest BCUT2D eigenvalue weighted by Gasteiger charge is 2.36. The van der Waals surface area contributed by atoms with E-state index in [2.05, 4.69) is 34.9 Å². The van der Waals surface area contributed by atoms with Gasteiger partial charge in [-0.05, 0) is 99.0 Å². The summed E-state index contributed by atoms with van der Waals surface area (Å²) in [7, 11) is 1.87. The monoisotopic (exact) mass is 596 g/mol. The minimum absolute atomic E-state index is 0.00155. The number of amides is 2. The molecule has 0 aromatic heterocycles. The van der Waals surface area contributed by atoms with Crippen molar-refractivity contribution in [3.05, 3.63) is 76.8 Å². The summed E-state index contributed by atoms with van der Waals surface area (Å²) in [5.74, 6) is 2.21. The first kappa shape index (κ1) is 29.5. The second-order valence-electron chi connectivity index (χ2n) is 11.3. The molecule has 0 spiro atoms. The van der Waals surface area contributed by atoms with Crippen LogP contribution in [0.4, 0.5) is 5.69 Å². The van der Waals surface area contributed by atoms with Crippen molar-refractivity contribution in [2.24, 2.45) is 17.8 Å². The number of carbonyl (C=O) groups is 2. The molecule has 2 aliphatic carbocycles. The Kier molecular flexibility index (Phi) is 9.91. The summed E-state index contributed by atoms with van der Waals surface area (Å²) in [5, 5.41) is 7.56. The average Bonchev–Trinajstić information content (AvgIpc) is 3.42. The van der Waals surface area contributed by atoms with E-state index in [4.69, 9.17) is 27.9 Å². The van der Waals surface area contributed by atoms with Crippen molar-refractivity contribution in [3.8, 4) is 11.5 Å². The van der Waals surface area contributed by atoms with Gasteiger partial charge in [-0.15, -0.1) is 0 Å². The van der Waals surface area contributed by atoms with E-state index in [9.17, 15) is 9.59 Å². The van der Waals surface area contributed by atoms with E-state index in [1.165, 1.54) is 0 Å². The number of nitrogens with zero attached hydrogens (tertiary/aromatic N) is 2. The van der Waals surface area contributed by atoms with Crippen LogP contribution < -0.4 is 20.3 Å². The van der Waals surface area contributed by atoms with E-state index in [1.807, 2.05) is 11.9 Å². The summed E-state index contributed by atoms with van der Waals surface area (Å²) in [4.78, 5) is 30.6. The van der Waals surface area contributed by atoms with Crippen LogP contribution in [0.1, 0.15) is 25.7 Å². The zero-order valence-corrected chi connectivity index (χ0v) is 24.9. The number of likely N-dealkylation sites (N-methyl/N-ethyl adjacent to an activating group) is 1. The molecule has 0 bridgehead atoms. The molecule has 1 saturated heterocycles. The van der Waals surface area contributed by atoms with Gasteiger partial charge in [0.05, 0.1) is 18.8 Å². The molecule has 218 valence electrons. The van der Waals surface area contributed by atoms with Gasteiger partial charge in [-0.2, -0.15) is 0 Å². The topological polar surface area (TPSA) is 73.9 Å². The summed E-state index contributed by atoms with van der Waals surface area (Å²) in [5.41, 5.74) is 0.578. The van der Waals surface area contributed by atoms with E-state index in [1.54, 1.807) is 47.4 Å². The molecule has 2 N–H and O–H groups in total. The Balaban J connectivity index is 1.34. The number of hydrogen-bond donors (Lipinski definition) is 2. The Bertz CT molecular complexity index is 1260. The fourth-order valence-electron chi connectivity index (χ4n) is 5.99. The van der Waals surface area contributed by atoms with Crippen LogP contribution in [0.3, 0.4) is 0 Å². The summed E-state index contributed by atoms with van der Waals surface area (Å²) < 4.78 is 6.20. The molecule has 41 heavy (non-hydrogen) atoms. The number of carbonyl (C=O) groups excluding carboxylic acids is 2. The van der Waals surface area contributed by atoms with E-state index in [-0.39, 0.29) is 30.9 Å². The number of ether oxygens (including phenoxy) is 1. The Labute approximate surface area is 252 Å². The molecule has 2 fully saturated rings. The minimum atomic E-state index is -0.148. The fourth-order valence-corrected chi connectivity index (χ4v) is 6.28. The molecule has 1 heterocycles. The number of rotatable bonds is 10. The lowest BCUT2D eigenvalue weighted by molar-refractivity contribution is -0.130. The van der Waals surface area contributed by atoms with E-state index in [0.29, 0.717) is 51.5 Å². The van der Waals surface area contributed by atoms with E-state index in [0.717, 1.165) is 38.8 Å². The number of nitrogens with one attached hydrogen (secondary N) is 2. The van der Waals surface area contributed by atoms with Gasteiger partial charge in [-0.3, -0.25) is 9.59 Å². The summed E-state index contributed by atoms with van der Waals surface area (Å²) >= 11 is 12.5. The maximum absolute atomic E-state index is 13.7. The maximum Gasteiger partial charge on any atom is 0.242 e. The third-order valence-electron chi connectivity index (χ3n) is 8.36. The molecule has 2 amide bonds. The molecule has 3 atom stereocenters. The van der Waals surface area contributed by atoms with Gasteiger partial charge in [0, 0.05) is 29.7 Å². The predicted molar refractivity (Wildman–Crippen MR) is 165 cm³/mol. The molecule has 9 heteroatoms. The van der Waals surface area contributed by atoms with Gasteiger partial charge in [-0.1, -0.05) is 47.5 Å². The lowest BCUT2D eigenvalue weighted by Crippen LogP contribution is -2.47. The van der Waals surface area contributed by atoms with Gasteiger partial charge in [0.2, 0.25) is 11.8 Å². The first-order chi connectivity index (χ1) is 19.9. The minimum Gasteiger partial charge on any atom is -0.455 e. The molecular weight excluding hydrogens is 559 g/mol. The maximum atomic E-state index is 13.7. The normalized spacial score (nSPS) is 23.1. The highest BCUT2D eigenvalue weighted by Crippen LogP contribution is 2.39. The Morgan fingerprint density at radius 3 is 2.39 bits per heavy atom. The van der Waals surface area contributed by atoms with Gasteiger partial charge in [0.15, 0.2) is 5.75 Å². The van der Waals surface area contributed by atoms with E-state index >= 15 is 0 Å². The van der Waals surface area contributed by atoms with Gasteiger partial charge in [0.1, 0.15) is 5.75 Å². The highest BCUT2D eigenvalue weighted by molar-refractivity contribution is 6.31. The van der Waals surface area contributed by atoms with Crippen LogP contribution in [-0.4, -0.2) is 62.5 Å². The Morgan fingerprint density at radius 1 is 1.00 bits per heavy atom. The van der Waals surface area contributed by atoms with Crippen LogP contribution in [0, 0.1) is 17.8 Å². The fraction of sp³-hybridized carbons (Fsp3) is 0.438. The first-order valence-corrected chi connectivity index (χ1v) is 15.2. The van der Waals surface area contributed by atoms with Crippen LogP contribution in [0.2, 0.25) is 10.0 Å². The third kappa shape index (κ3) is 7.85. The van der Waals surface area contributed by atoms with E-state index < -0.39 is 0 Å². The van der Waals surface area contributed by atoms with Gasteiger partial charge in [-0.25, -0.2) is 0 Å². The number of anilines is 1. The average molecular weight is 598 g/mol. The van der Waals surface area contributed by atoms with Crippen LogP contribution in [0.5, 0.6) is 11.5 Å². The van der Waals surface area contributed by atoms with Crippen molar-refractivity contribution in [2.45, 2.75) is 31.7 Å². The largest absolute Gasteiger partial charge is 0.455 e. The van der Waals surface area contributed by atoms with Gasteiger partial charge >= 0.3 is 0 Å². The Hall–Kier alpha value is -3.00. The van der Waals surface area contributed by atoms with Gasteiger partial charge in [0.25, 0.3) is 0 Å². The van der Waals surface area contributed by atoms with Crippen molar-refractivity contribution < 1.29 is 14.3 Å². The number of fused-ring (bicyclic) bond motifs is 1. The van der Waals surface area contributed by atoms with Crippen molar-refractivity contribution in [1.29, 1.82) is 0 Å². The second kappa shape index (κ2) is 13.8. The molecule has 3 aliphatic rings. The summed E-state index contributed by atoms with van der Waals surface area (Å²) in [6.07, 6.45) is 12.7. The second-order valence-corrected chi connectivity index (χ2v) is 12.1. The van der Waals surface area contributed by atoms with Crippen LogP contribution in [0.15, 0.2) is 66.8 Å². The smallest absolute Gasteiger partial charge is 0.242 e. The third-order valence-corrected chi connectivity index (χ3v) is 8.84. The molecule has 2 aromatic rings. The number of allylic oxidation sites excluding steroid dienone is 4. The van der Waals surface area contributed by atoms with Gasteiger partial charge < -0.3 is 25.2 Å². The molecule has 2 aromatic carbocycles. The zero-order valence-electron chi connectivity index (χ0n) is 23.4. The lowest BCUT2D eigenvalue weighted by atomic mass is 9.92. The highest BCUT2D eigenvalue weighted by atomic mass is 35.5. The molecule has 1 saturated carbocycles. The Morgan fingerprint density at radius 2 is 1.71 bits per heavy atom. The number of halogens is 2. The molecule has 3 unspecified atom stereocenters. The number of hydrogen-bond acceptors (Lipinski definition) is 5. The molecule has 5 rings (SSSR count).